The van der Waals surface area contributed by atoms with Crippen LogP contribution in [0.25, 0.3) is 0 Å². The zero-order valence-electron chi connectivity index (χ0n) is 7.11. The fourth-order valence-corrected chi connectivity index (χ4v) is 1.31. The third kappa shape index (κ3) is 1.95. The first-order chi connectivity index (χ1) is 6.36. The fraction of sp³-hybridized carbons (Fsp3) is 0.444. The molecule has 1 aliphatic rings. The molecule has 0 bridgehead atoms. The lowest BCUT2D eigenvalue weighted by Crippen LogP contribution is -2.27. The monoisotopic (exact) mass is 182 g/mol. The predicted octanol–water partition coefficient (Wildman–Crippen LogP) is 0.770. The van der Waals surface area contributed by atoms with E-state index in [1.165, 1.54) is 0 Å². The minimum absolute atomic E-state index is 0.373. The van der Waals surface area contributed by atoms with Crippen LogP contribution in [-0.4, -0.2) is 30.3 Å². The summed E-state index contributed by atoms with van der Waals surface area (Å²) in [4.78, 5) is 3.96. The number of rotatable bonds is 2. The van der Waals surface area contributed by atoms with E-state index >= 15 is 0 Å². The Hall–Kier alpha value is -1.16. The molecule has 2 heterocycles. The number of alkyl halides is 1. The molecule has 3 nitrogen and oxygen atoms in total. The van der Waals surface area contributed by atoms with Crippen molar-refractivity contribution in [3.05, 3.63) is 24.4 Å². The number of pyridine rings is 1. The van der Waals surface area contributed by atoms with Gasteiger partial charge in [0, 0.05) is 25.4 Å². The number of nitrogens with zero attached hydrogens (tertiary/aromatic N) is 1. The molecule has 1 aromatic heterocycles. The Bertz CT molecular complexity index is 268. The molecule has 0 spiro atoms. The van der Waals surface area contributed by atoms with Crippen LogP contribution in [0.4, 0.5) is 4.39 Å². The predicted molar refractivity (Wildman–Crippen MR) is 46.4 cm³/mol. The highest BCUT2D eigenvalue weighted by Gasteiger charge is 2.28. The topological polar surface area (TPSA) is 34.1 Å². The molecule has 1 saturated heterocycles. The molecule has 1 fully saturated rings. The molecule has 0 aromatic carbocycles. The Kier molecular flexibility index (Phi) is 2.40. The molecule has 2 rings (SSSR count). The third-order valence-electron chi connectivity index (χ3n) is 2.00. The molecule has 0 radical (unpaired) electrons. The molecule has 4 heteroatoms. The molecule has 70 valence electrons. The van der Waals surface area contributed by atoms with Crippen LogP contribution in [0.2, 0.25) is 0 Å². The lowest BCUT2D eigenvalue weighted by Gasteiger charge is -2.13. The zero-order valence-corrected chi connectivity index (χ0v) is 7.11. The first kappa shape index (κ1) is 8.44. The zero-order chi connectivity index (χ0) is 9.10. The quantitative estimate of drug-likeness (QED) is 0.733. The average molecular weight is 182 g/mol. The van der Waals surface area contributed by atoms with E-state index in [4.69, 9.17) is 4.74 Å². The van der Waals surface area contributed by atoms with Crippen LogP contribution >= 0.6 is 0 Å². The van der Waals surface area contributed by atoms with Gasteiger partial charge in [0.25, 0.3) is 0 Å². The number of hydrogen-bond donors (Lipinski definition) is 1. The molecular weight excluding hydrogens is 171 g/mol. The lowest BCUT2D eigenvalue weighted by atomic mass is 10.3. The normalized spacial score (nSPS) is 27.5. The van der Waals surface area contributed by atoms with Gasteiger partial charge in [0.05, 0.1) is 0 Å². The number of nitrogens with one attached hydrogen (secondary N) is 1. The first-order valence-corrected chi connectivity index (χ1v) is 4.29. The van der Waals surface area contributed by atoms with E-state index in [0.717, 1.165) is 0 Å². The van der Waals surface area contributed by atoms with Crippen LogP contribution in [-0.2, 0) is 0 Å². The Morgan fingerprint density at radius 2 is 2.38 bits per heavy atom. The van der Waals surface area contributed by atoms with E-state index in [1.54, 1.807) is 18.3 Å². The molecule has 2 unspecified atom stereocenters. The smallest absolute Gasteiger partial charge is 0.213 e. The van der Waals surface area contributed by atoms with Crippen LogP contribution in [0, 0.1) is 0 Å². The summed E-state index contributed by atoms with van der Waals surface area (Å²) >= 11 is 0. The van der Waals surface area contributed by atoms with Gasteiger partial charge in [-0.3, -0.25) is 0 Å². The van der Waals surface area contributed by atoms with Crippen LogP contribution in [0.5, 0.6) is 5.88 Å². The fourth-order valence-electron chi connectivity index (χ4n) is 1.31. The SMILES string of the molecule is FC1CNCC1Oc1ccccn1. The minimum atomic E-state index is -0.929. The average Bonchev–Trinajstić information content (AvgIpc) is 2.54. The Balaban J connectivity index is 1.98. The summed E-state index contributed by atoms with van der Waals surface area (Å²) in [5, 5.41) is 2.91. The molecular formula is C9H11FN2O. The summed E-state index contributed by atoms with van der Waals surface area (Å²) in [7, 11) is 0. The summed E-state index contributed by atoms with van der Waals surface area (Å²) in [5.41, 5.74) is 0. The van der Waals surface area contributed by atoms with E-state index in [-0.39, 0.29) is 0 Å². The van der Waals surface area contributed by atoms with Crippen LogP contribution < -0.4 is 10.1 Å². The van der Waals surface area contributed by atoms with Crippen molar-refractivity contribution in [3.63, 3.8) is 0 Å². The second-order valence-electron chi connectivity index (χ2n) is 3.00. The van der Waals surface area contributed by atoms with Gasteiger partial charge >= 0.3 is 0 Å². The van der Waals surface area contributed by atoms with Gasteiger partial charge in [-0.15, -0.1) is 0 Å². The maximum Gasteiger partial charge on any atom is 0.213 e. The molecule has 0 amide bonds. The summed E-state index contributed by atoms with van der Waals surface area (Å²) in [6.07, 6.45) is 0.308. The Morgan fingerprint density at radius 3 is 3.00 bits per heavy atom. The molecule has 2 atom stereocenters. The van der Waals surface area contributed by atoms with E-state index in [9.17, 15) is 4.39 Å². The molecule has 1 aromatic rings. The molecule has 1 N–H and O–H groups in total. The summed E-state index contributed by atoms with van der Waals surface area (Å²) in [6, 6.07) is 5.34. The van der Waals surface area contributed by atoms with Gasteiger partial charge in [-0.05, 0) is 6.07 Å². The molecule has 0 aliphatic carbocycles. The van der Waals surface area contributed by atoms with E-state index in [0.29, 0.717) is 19.0 Å². The van der Waals surface area contributed by atoms with Crippen LogP contribution in [0.1, 0.15) is 0 Å². The van der Waals surface area contributed by atoms with E-state index in [2.05, 4.69) is 10.3 Å². The van der Waals surface area contributed by atoms with Crippen LogP contribution in [0.15, 0.2) is 24.4 Å². The molecule has 1 aliphatic heterocycles. The minimum Gasteiger partial charge on any atom is -0.470 e. The van der Waals surface area contributed by atoms with Gasteiger partial charge < -0.3 is 10.1 Å². The van der Waals surface area contributed by atoms with Crippen molar-refractivity contribution in [2.24, 2.45) is 0 Å². The number of halogens is 1. The van der Waals surface area contributed by atoms with Gasteiger partial charge in [-0.1, -0.05) is 6.07 Å². The van der Waals surface area contributed by atoms with Crippen molar-refractivity contribution in [1.82, 2.24) is 10.3 Å². The van der Waals surface area contributed by atoms with Crippen molar-refractivity contribution in [3.8, 4) is 5.88 Å². The highest BCUT2D eigenvalue weighted by atomic mass is 19.1. The number of aromatic nitrogens is 1. The number of ether oxygens (including phenoxy) is 1. The van der Waals surface area contributed by atoms with Crippen molar-refractivity contribution in [1.29, 1.82) is 0 Å². The van der Waals surface area contributed by atoms with Gasteiger partial charge in [0.15, 0.2) is 6.17 Å². The maximum absolute atomic E-state index is 13.1. The Labute approximate surface area is 75.9 Å². The van der Waals surface area contributed by atoms with Crippen molar-refractivity contribution in [2.75, 3.05) is 13.1 Å². The summed E-state index contributed by atoms with van der Waals surface area (Å²) in [5.74, 6) is 0.485. The number of hydrogen-bond acceptors (Lipinski definition) is 3. The second-order valence-corrected chi connectivity index (χ2v) is 3.00. The van der Waals surface area contributed by atoms with Crippen molar-refractivity contribution in [2.45, 2.75) is 12.3 Å². The lowest BCUT2D eigenvalue weighted by molar-refractivity contribution is 0.134. The van der Waals surface area contributed by atoms with Crippen molar-refractivity contribution >= 4 is 0 Å². The highest BCUT2D eigenvalue weighted by molar-refractivity contribution is 5.10. The van der Waals surface area contributed by atoms with Gasteiger partial charge in [-0.25, -0.2) is 9.37 Å². The first-order valence-electron chi connectivity index (χ1n) is 4.29. The maximum atomic E-state index is 13.1. The Morgan fingerprint density at radius 1 is 1.46 bits per heavy atom. The summed E-state index contributed by atoms with van der Waals surface area (Å²) in [6.45, 7) is 0.926. The molecule has 0 saturated carbocycles. The standard InChI is InChI=1S/C9H11FN2O/c10-7-5-11-6-8(7)13-9-3-1-2-4-12-9/h1-4,7-8,11H,5-6H2. The highest BCUT2D eigenvalue weighted by Crippen LogP contribution is 2.13. The third-order valence-corrected chi connectivity index (χ3v) is 2.00. The molecule has 13 heavy (non-hydrogen) atoms. The van der Waals surface area contributed by atoms with Gasteiger partial charge in [-0.2, -0.15) is 0 Å². The van der Waals surface area contributed by atoms with Gasteiger partial charge in [0.2, 0.25) is 5.88 Å². The summed E-state index contributed by atoms with van der Waals surface area (Å²) < 4.78 is 18.4. The van der Waals surface area contributed by atoms with Gasteiger partial charge in [0.1, 0.15) is 6.10 Å². The van der Waals surface area contributed by atoms with Crippen LogP contribution in [0.3, 0.4) is 0 Å². The van der Waals surface area contributed by atoms with E-state index in [1.807, 2.05) is 6.07 Å². The second kappa shape index (κ2) is 3.70. The van der Waals surface area contributed by atoms with Crippen molar-refractivity contribution < 1.29 is 9.13 Å². The van der Waals surface area contributed by atoms with E-state index < -0.39 is 12.3 Å². The largest absolute Gasteiger partial charge is 0.470 e.